The van der Waals surface area contributed by atoms with Crippen LogP contribution in [0.15, 0.2) is 48.5 Å². The van der Waals surface area contributed by atoms with Gasteiger partial charge < -0.3 is 21.1 Å². The van der Waals surface area contributed by atoms with Gasteiger partial charge in [0.25, 0.3) is 5.91 Å². The van der Waals surface area contributed by atoms with E-state index >= 15 is 0 Å². The van der Waals surface area contributed by atoms with Gasteiger partial charge in [0.05, 0.1) is 17.9 Å². The van der Waals surface area contributed by atoms with Crippen molar-refractivity contribution in [3.05, 3.63) is 59.7 Å². The van der Waals surface area contributed by atoms with Gasteiger partial charge in [-0.05, 0) is 41.7 Å². The van der Waals surface area contributed by atoms with Crippen molar-refractivity contribution < 1.29 is 19.1 Å². The third-order valence-electron chi connectivity index (χ3n) is 4.64. The van der Waals surface area contributed by atoms with E-state index in [0.29, 0.717) is 24.3 Å². The van der Waals surface area contributed by atoms with Crippen molar-refractivity contribution in [2.24, 2.45) is 5.73 Å². The molecular formula is C24H31N3O4. The monoisotopic (exact) mass is 425 g/mol. The second-order valence-corrected chi connectivity index (χ2v) is 8.29. The molecule has 0 spiro atoms. The summed E-state index contributed by atoms with van der Waals surface area (Å²) in [5, 5.41) is 5.38. The Morgan fingerprint density at radius 3 is 2.29 bits per heavy atom. The van der Waals surface area contributed by atoms with Crippen LogP contribution in [0.4, 0.5) is 5.69 Å². The molecule has 0 fully saturated rings. The molecule has 0 atom stereocenters. The first kappa shape index (κ1) is 23.9. The lowest BCUT2D eigenvalue weighted by molar-refractivity contribution is -0.118. The Balaban J connectivity index is 1.80. The van der Waals surface area contributed by atoms with Crippen molar-refractivity contribution in [1.29, 1.82) is 0 Å². The number of anilines is 1. The van der Waals surface area contributed by atoms with Crippen LogP contribution in [0.2, 0.25) is 0 Å². The van der Waals surface area contributed by atoms with Gasteiger partial charge in [-0.3, -0.25) is 14.4 Å². The number of carbonyl (C=O) groups excluding carboxylic acids is 3. The summed E-state index contributed by atoms with van der Waals surface area (Å²) in [4.78, 5) is 35.4. The van der Waals surface area contributed by atoms with E-state index < -0.39 is 5.91 Å². The van der Waals surface area contributed by atoms with Gasteiger partial charge in [-0.1, -0.05) is 45.0 Å². The first-order valence-electron chi connectivity index (χ1n) is 10.4. The molecule has 4 N–H and O–H groups in total. The highest BCUT2D eigenvalue weighted by Crippen LogP contribution is 2.24. The van der Waals surface area contributed by atoms with Crippen LogP contribution in [-0.2, 0) is 15.0 Å². The molecule has 0 aromatic heterocycles. The van der Waals surface area contributed by atoms with Crippen LogP contribution >= 0.6 is 0 Å². The number of nitrogens with two attached hydrogens (primary N) is 1. The Hall–Kier alpha value is -3.35. The third-order valence-corrected chi connectivity index (χ3v) is 4.64. The van der Waals surface area contributed by atoms with E-state index in [1.165, 1.54) is 5.56 Å². The Morgan fingerprint density at radius 1 is 0.968 bits per heavy atom. The zero-order valence-corrected chi connectivity index (χ0v) is 18.4. The van der Waals surface area contributed by atoms with Crippen LogP contribution in [0.25, 0.3) is 0 Å². The molecule has 2 aromatic rings. The lowest BCUT2D eigenvalue weighted by Crippen LogP contribution is -2.28. The van der Waals surface area contributed by atoms with Gasteiger partial charge in [-0.25, -0.2) is 0 Å². The fraction of sp³-hybridized carbons (Fsp3) is 0.375. The predicted molar refractivity (Wildman–Crippen MR) is 121 cm³/mol. The third kappa shape index (κ3) is 8.12. The van der Waals surface area contributed by atoms with Crippen LogP contribution in [0.1, 0.15) is 56.0 Å². The second kappa shape index (κ2) is 11.2. The highest BCUT2D eigenvalue weighted by Gasteiger charge is 2.14. The number of nitrogens with one attached hydrogen (secondary N) is 2. The van der Waals surface area contributed by atoms with E-state index in [2.05, 4.69) is 31.4 Å². The largest absolute Gasteiger partial charge is 0.494 e. The maximum atomic E-state index is 12.3. The Bertz CT molecular complexity index is 902. The maximum absolute atomic E-state index is 12.3. The molecule has 0 saturated carbocycles. The Labute approximate surface area is 183 Å². The molecule has 31 heavy (non-hydrogen) atoms. The molecule has 0 radical (unpaired) electrons. The molecule has 0 aliphatic carbocycles. The van der Waals surface area contributed by atoms with Crippen LogP contribution in [-0.4, -0.2) is 30.9 Å². The van der Waals surface area contributed by atoms with Crippen LogP contribution in [0.3, 0.4) is 0 Å². The number of hydrogen-bond donors (Lipinski definition) is 3. The van der Waals surface area contributed by atoms with Gasteiger partial charge in [-0.15, -0.1) is 0 Å². The maximum Gasteiger partial charge on any atom is 0.253 e. The first-order chi connectivity index (χ1) is 14.7. The summed E-state index contributed by atoms with van der Waals surface area (Å²) in [6.07, 6.45) is 0.858. The van der Waals surface area contributed by atoms with Crippen molar-refractivity contribution in [2.75, 3.05) is 18.5 Å². The van der Waals surface area contributed by atoms with Crippen molar-refractivity contribution in [3.8, 4) is 5.75 Å². The molecule has 0 heterocycles. The summed E-state index contributed by atoms with van der Waals surface area (Å²) < 4.78 is 5.72. The molecule has 0 aliphatic rings. The summed E-state index contributed by atoms with van der Waals surface area (Å²) in [5.41, 5.74) is 7.14. The van der Waals surface area contributed by atoms with Gasteiger partial charge in [0.2, 0.25) is 11.8 Å². The Kier molecular flexibility index (Phi) is 8.61. The van der Waals surface area contributed by atoms with Crippen molar-refractivity contribution >= 4 is 23.4 Å². The van der Waals surface area contributed by atoms with E-state index in [9.17, 15) is 14.4 Å². The molecule has 166 valence electrons. The molecule has 2 aromatic carbocycles. The number of rotatable bonds is 10. The predicted octanol–water partition coefficient (Wildman–Crippen LogP) is 3.39. The lowest BCUT2D eigenvalue weighted by atomic mass is 9.87. The Morgan fingerprint density at radius 2 is 1.65 bits per heavy atom. The molecule has 2 rings (SSSR count). The molecule has 7 nitrogen and oxygen atoms in total. The summed E-state index contributed by atoms with van der Waals surface area (Å²) in [6.45, 7) is 7.03. The molecule has 7 heteroatoms. The minimum absolute atomic E-state index is 0.0548. The average Bonchev–Trinajstić information content (AvgIpc) is 2.71. The fourth-order valence-corrected chi connectivity index (χ4v) is 2.87. The molecule has 3 amide bonds. The van der Waals surface area contributed by atoms with Gasteiger partial charge >= 0.3 is 0 Å². The van der Waals surface area contributed by atoms with E-state index in [0.717, 1.165) is 5.75 Å². The highest BCUT2D eigenvalue weighted by atomic mass is 16.5. The zero-order chi connectivity index (χ0) is 22.9. The molecule has 0 aliphatic heterocycles. The summed E-state index contributed by atoms with van der Waals surface area (Å²) in [6, 6.07) is 14.7. The van der Waals surface area contributed by atoms with E-state index in [-0.39, 0.29) is 36.6 Å². The SMILES string of the molecule is CC(C)(C)c1ccc(OCCCC(=O)Nc2ccccc2C(=O)NCCC(N)=O)cc1. The number of hydrogen-bond acceptors (Lipinski definition) is 4. The minimum atomic E-state index is -0.491. The molecule has 0 bridgehead atoms. The van der Waals surface area contributed by atoms with Gasteiger partial charge in [-0.2, -0.15) is 0 Å². The molecular weight excluding hydrogens is 394 g/mol. The number of ether oxygens (including phenoxy) is 1. The summed E-state index contributed by atoms with van der Waals surface area (Å²) >= 11 is 0. The standard InChI is InChI=1S/C24H31N3O4/c1-24(2,3)17-10-12-18(13-11-17)31-16-6-9-22(29)27-20-8-5-4-7-19(20)23(30)26-15-14-21(25)28/h4-5,7-8,10-13H,6,9,14-16H2,1-3H3,(H2,25,28)(H,26,30)(H,27,29). The summed E-state index contributed by atoms with van der Waals surface area (Å²) in [7, 11) is 0. The first-order valence-corrected chi connectivity index (χ1v) is 10.4. The highest BCUT2D eigenvalue weighted by molar-refractivity contribution is 6.03. The number of benzene rings is 2. The summed E-state index contributed by atoms with van der Waals surface area (Å²) in [5.74, 6) is -0.302. The van der Waals surface area contributed by atoms with Crippen LogP contribution in [0.5, 0.6) is 5.75 Å². The van der Waals surface area contributed by atoms with Crippen molar-refractivity contribution in [1.82, 2.24) is 5.32 Å². The topological polar surface area (TPSA) is 111 Å². The van der Waals surface area contributed by atoms with Gasteiger partial charge in [0, 0.05) is 19.4 Å². The quantitative estimate of drug-likeness (QED) is 0.507. The van der Waals surface area contributed by atoms with Gasteiger partial charge in [0.15, 0.2) is 0 Å². The average molecular weight is 426 g/mol. The van der Waals surface area contributed by atoms with E-state index in [4.69, 9.17) is 10.5 Å². The second-order valence-electron chi connectivity index (χ2n) is 8.29. The number of primary amides is 1. The van der Waals surface area contributed by atoms with E-state index in [1.54, 1.807) is 24.3 Å². The smallest absolute Gasteiger partial charge is 0.253 e. The number of carbonyl (C=O) groups is 3. The molecule has 0 saturated heterocycles. The number of para-hydroxylation sites is 1. The van der Waals surface area contributed by atoms with Crippen LogP contribution < -0.4 is 21.1 Å². The fourth-order valence-electron chi connectivity index (χ4n) is 2.87. The molecule has 0 unspecified atom stereocenters. The van der Waals surface area contributed by atoms with Crippen LogP contribution in [0, 0.1) is 0 Å². The van der Waals surface area contributed by atoms with E-state index in [1.807, 2.05) is 24.3 Å². The lowest BCUT2D eigenvalue weighted by Gasteiger charge is -2.19. The van der Waals surface area contributed by atoms with Crippen molar-refractivity contribution in [3.63, 3.8) is 0 Å². The zero-order valence-electron chi connectivity index (χ0n) is 18.4. The van der Waals surface area contributed by atoms with Gasteiger partial charge in [0.1, 0.15) is 5.75 Å². The normalized spacial score (nSPS) is 10.9. The minimum Gasteiger partial charge on any atom is -0.494 e. The number of amides is 3. The van der Waals surface area contributed by atoms with Crippen molar-refractivity contribution in [2.45, 2.75) is 45.4 Å².